The fourth-order valence-corrected chi connectivity index (χ4v) is 23.7. The van der Waals surface area contributed by atoms with Crippen LogP contribution in [0.5, 0.6) is 0 Å². The number of carbonyl (C=O) groups is 9. The van der Waals surface area contributed by atoms with Crippen LogP contribution in [0.1, 0.15) is 371 Å². The second-order valence-electron chi connectivity index (χ2n) is 45.1. The summed E-state index contributed by atoms with van der Waals surface area (Å²) >= 11 is 0. The van der Waals surface area contributed by atoms with Crippen LogP contribution in [-0.4, -0.2) is 152 Å². The lowest BCUT2D eigenvalue weighted by atomic mass is 9.47. The van der Waals surface area contributed by atoms with Crippen LogP contribution in [0.4, 0.5) is 4.79 Å². The van der Waals surface area contributed by atoms with Gasteiger partial charge < -0.3 is 67.1 Å². The molecular formula is C96H156O23. The molecule has 678 valence electrons. The highest BCUT2D eigenvalue weighted by atomic mass is 16.8. The number of aliphatic hydroxyl groups is 2. The van der Waals surface area contributed by atoms with E-state index in [1.165, 1.54) is 44.9 Å². The van der Waals surface area contributed by atoms with E-state index in [2.05, 4.69) is 27.7 Å². The first-order chi connectivity index (χ1) is 55.1. The van der Waals surface area contributed by atoms with Crippen LogP contribution >= 0.6 is 0 Å². The molecule has 23 nitrogen and oxygen atoms in total. The van der Waals surface area contributed by atoms with Gasteiger partial charge in [-0.05, 0) is 330 Å². The molecule has 16 bridgehead atoms. The van der Waals surface area contributed by atoms with Crippen molar-refractivity contribution in [3.63, 3.8) is 0 Å². The molecular weight excluding hydrogens is 1520 g/mol. The molecule has 11 unspecified atom stereocenters. The molecule has 18 rings (SSSR count). The molecule has 3 heterocycles. The summed E-state index contributed by atoms with van der Waals surface area (Å²) in [6.45, 7) is 44.4. The van der Waals surface area contributed by atoms with Crippen molar-refractivity contribution in [2.24, 2.45) is 92.2 Å². The fourth-order valence-electron chi connectivity index (χ4n) is 23.7. The van der Waals surface area contributed by atoms with Crippen LogP contribution in [0.3, 0.4) is 0 Å². The third-order valence-electron chi connectivity index (χ3n) is 31.1. The Bertz CT molecular complexity index is 3540. The molecule has 0 radical (unpaired) electrons. The molecule has 18 fully saturated rings. The van der Waals surface area contributed by atoms with Crippen molar-refractivity contribution in [3.8, 4) is 0 Å². The summed E-state index contributed by atoms with van der Waals surface area (Å²) in [5.41, 5.74) is -6.81. The van der Waals surface area contributed by atoms with E-state index in [1.807, 2.05) is 104 Å². The van der Waals surface area contributed by atoms with E-state index in [0.29, 0.717) is 80.5 Å². The van der Waals surface area contributed by atoms with Crippen molar-refractivity contribution < 1.29 is 110 Å². The van der Waals surface area contributed by atoms with Crippen LogP contribution < -0.4 is 0 Å². The Labute approximate surface area is 712 Å². The number of hydrogen-bond acceptors (Lipinski definition) is 23. The molecule has 3 saturated heterocycles. The monoisotopic (exact) mass is 1680 g/mol. The maximum atomic E-state index is 13.0. The summed E-state index contributed by atoms with van der Waals surface area (Å²) in [5.74, 6) is 2.34. The van der Waals surface area contributed by atoms with Crippen LogP contribution in [0.15, 0.2) is 0 Å². The molecule has 2 N–H and O–H groups in total. The summed E-state index contributed by atoms with van der Waals surface area (Å²) in [7, 11) is 0. The molecule has 3 aliphatic heterocycles. The third kappa shape index (κ3) is 22.8. The van der Waals surface area contributed by atoms with E-state index in [9.17, 15) is 53.4 Å². The first-order valence-electron chi connectivity index (χ1n) is 46.4. The zero-order valence-electron chi connectivity index (χ0n) is 77.4. The van der Waals surface area contributed by atoms with Gasteiger partial charge in [0.05, 0.1) is 62.8 Å². The van der Waals surface area contributed by atoms with Gasteiger partial charge in [-0.15, -0.1) is 0 Å². The zero-order chi connectivity index (χ0) is 88.1. The van der Waals surface area contributed by atoms with E-state index in [-0.39, 0.29) is 101 Å². The van der Waals surface area contributed by atoms with E-state index >= 15 is 0 Å². The minimum absolute atomic E-state index is 0.00973. The van der Waals surface area contributed by atoms with Crippen LogP contribution in [0.2, 0.25) is 0 Å². The molecule has 15 aliphatic carbocycles. The lowest BCUT2D eigenvalue weighted by Crippen LogP contribution is -2.67. The van der Waals surface area contributed by atoms with Gasteiger partial charge >= 0.3 is 53.9 Å². The molecule has 11 atom stereocenters. The second-order valence-corrected chi connectivity index (χ2v) is 45.1. The average Bonchev–Trinajstić information content (AvgIpc) is 1.69. The smallest absolute Gasteiger partial charge is 0.460 e. The third-order valence-corrected chi connectivity index (χ3v) is 31.1. The van der Waals surface area contributed by atoms with Gasteiger partial charge in [-0.3, -0.25) is 33.6 Å². The largest absolute Gasteiger partial charge is 0.508 e. The standard InChI is InChI=1S/C30H48O9.C19H32O2.C18H26O6.C16H26O4.C13H24O2/c1-9-27(5,6)24(32)38-29-13-19-10-20(14-29)16-30(15-19,18-29)39-25(33)34-17-22-11-21(35-28(7,8)36-22)12-23(31)37-26(2,3)4;1-6-18(4,5)17(20)21-19(12(2)3)15-8-13-7-14(10-15)11-16(19)9-13;1-4-18(2,3)17(21)22-9-14(19)24-15-11-5-10-6-12(8-11)16(20)23-13(15)7-10;1-4-13(2,3)12(17)20-16-7-11-5-14(18,9-16)8-15(19,6-11)10-16;1-5-12(3,4)11(14)15-13(6-2)9-7-8-10-13/h19-22H,9-18H2,1-8H3;12-16H,6-11H2,1-5H3;10-13,15H,4-9H2,1-3H3;11,18-19H,4-10H2,1-3H3;5-10H2,1-4H3. The number of carbonyl (C=O) groups excluding carboxylic acids is 9. The topological polar surface area (TPSA) is 305 Å². The molecule has 0 aromatic carbocycles. The van der Waals surface area contributed by atoms with Gasteiger partial charge in [-0.2, -0.15) is 0 Å². The van der Waals surface area contributed by atoms with Crippen molar-refractivity contribution in [3.05, 3.63) is 0 Å². The first-order valence-corrected chi connectivity index (χ1v) is 46.4. The highest BCUT2D eigenvalue weighted by Gasteiger charge is 2.67. The van der Waals surface area contributed by atoms with E-state index in [0.717, 1.165) is 127 Å². The summed E-state index contributed by atoms with van der Waals surface area (Å²) in [4.78, 5) is 112. The van der Waals surface area contributed by atoms with Crippen molar-refractivity contribution in [1.82, 2.24) is 0 Å². The molecule has 0 amide bonds. The van der Waals surface area contributed by atoms with Crippen molar-refractivity contribution in [1.29, 1.82) is 0 Å². The Hall–Kier alpha value is -5.13. The number of ether oxygens (including phenoxy) is 12. The van der Waals surface area contributed by atoms with Crippen LogP contribution in [0, 0.1) is 92.2 Å². The van der Waals surface area contributed by atoms with E-state index in [1.54, 1.807) is 27.7 Å². The Morgan fingerprint density at radius 3 is 1.40 bits per heavy atom. The lowest BCUT2D eigenvalue weighted by Gasteiger charge is -2.62. The van der Waals surface area contributed by atoms with Gasteiger partial charge in [0.1, 0.15) is 52.4 Å². The van der Waals surface area contributed by atoms with Crippen LogP contribution in [0.25, 0.3) is 0 Å². The number of fused-ring (bicyclic) bond motifs is 1. The van der Waals surface area contributed by atoms with Crippen molar-refractivity contribution >= 4 is 53.9 Å². The normalized spacial score (nSPS) is 36.2. The Morgan fingerprint density at radius 1 is 0.462 bits per heavy atom. The predicted molar refractivity (Wildman–Crippen MR) is 446 cm³/mol. The van der Waals surface area contributed by atoms with Crippen molar-refractivity contribution in [2.45, 2.75) is 446 Å². The van der Waals surface area contributed by atoms with Gasteiger partial charge in [0.15, 0.2) is 12.4 Å². The molecule has 15 saturated carbocycles. The maximum Gasteiger partial charge on any atom is 0.508 e. The molecule has 0 spiro atoms. The first kappa shape index (κ1) is 96.1. The SMILES string of the molecule is CCC(C)(C)C(=O)OC1(C(C)C)C2CC3CC(C2)CC1C3.CCC(C)(C)C(=O)OC12CC3CC(CC(OC(=O)OCC4CC(CC(=O)OC(C)(C)C)OC(C)(C)O4)(C3)C1)C2.CCC(C)(C)C(=O)OC12CC3CC(O)(CC(O)(C3)C1)C2.CCC(C)(C)C(=O)OCC(=O)OC1C2CC3CC(C2)C(=O)OC1C3.CCC1(OC(=O)C(C)(C)CC)CCCC1. The van der Waals surface area contributed by atoms with Gasteiger partial charge in [0.2, 0.25) is 0 Å². The summed E-state index contributed by atoms with van der Waals surface area (Å²) < 4.78 is 69.4. The minimum Gasteiger partial charge on any atom is -0.460 e. The summed E-state index contributed by atoms with van der Waals surface area (Å²) in [6.07, 6.45) is 25.8. The molecule has 0 aromatic heterocycles. The Kier molecular flexibility index (Phi) is 29.1. The quantitative estimate of drug-likeness (QED) is 0.0670. The number of esters is 8. The van der Waals surface area contributed by atoms with Gasteiger partial charge in [0, 0.05) is 38.0 Å². The average molecular weight is 1680 g/mol. The highest BCUT2D eigenvalue weighted by Crippen LogP contribution is 2.65. The summed E-state index contributed by atoms with van der Waals surface area (Å²) in [6, 6.07) is 0. The fraction of sp³-hybridized carbons (Fsp3) is 0.906. The summed E-state index contributed by atoms with van der Waals surface area (Å²) in [5, 5.41) is 21.3. The highest BCUT2D eigenvalue weighted by molar-refractivity contribution is 5.81. The minimum atomic E-state index is -0.939. The van der Waals surface area contributed by atoms with E-state index in [4.69, 9.17) is 56.8 Å². The molecule has 18 aliphatic rings. The zero-order valence-corrected chi connectivity index (χ0v) is 77.4. The van der Waals surface area contributed by atoms with Gasteiger partial charge in [-0.1, -0.05) is 55.4 Å². The maximum absolute atomic E-state index is 13.0. The Morgan fingerprint density at radius 2 is 0.916 bits per heavy atom. The number of rotatable bonds is 24. The lowest BCUT2D eigenvalue weighted by molar-refractivity contribution is -0.305. The predicted octanol–water partition coefficient (Wildman–Crippen LogP) is 18.8. The molecule has 0 aromatic rings. The van der Waals surface area contributed by atoms with Crippen LogP contribution in [-0.2, 0) is 95.2 Å². The van der Waals surface area contributed by atoms with E-state index < -0.39 is 92.0 Å². The van der Waals surface area contributed by atoms with Gasteiger partial charge in [-0.25, -0.2) is 9.59 Å². The van der Waals surface area contributed by atoms with Crippen molar-refractivity contribution in [2.75, 3.05) is 13.2 Å². The van der Waals surface area contributed by atoms with Gasteiger partial charge in [0.25, 0.3) is 0 Å². The molecule has 119 heavy (non-hydrogen) atoms. The molecule has 23 heteroatoms. The second kappa shape index (κ2) is 36.1. The Balaban J connectivity index is 0.000000163. The number of hydrogen-bond donors (Lipinski definition) is 2.